The lowest BCUT2D eigenvalue weighted by molar-refractivity contribution is 0.0776. The van der Waals surface area contributed by atoms with Gasteiger partial charge >= 0.3 is 0 Å². The molecule has 4 aromatic rings. The van der Waals surface area contributed by atoms with Crippen molar-refractivity contribution in [2.75, 3.05) is 7.05 Å². The van der Waals surface area contributed by atoms with Gasteiger partial charge in [-0.1, -0.05) is 59.8 Å². The van der Waals surface area contributed by atoms with E-state index in [2.05, 4.69) is 4.98 Å². The Hall–Kier alpha value is -3.16. The van der Waals surface area contributed by atoms with Gasteiger partial charge in [-0.25, -0.2) is 13.8 Å². The molecule has 1 amide bonds. The number of thioether (sulfide) groups is 1. The molecule has 1 aromatic heterocycles. The van der Waals surface area contributed by atoms with Crippen molar-refractivity contribution in [3.05, 3.63) is 112 Å². The molecular formula is C25H20ClF2N3OS. The van der Waals surface area contributed by atoms with Crippen LogP contribution in [-0.4, -0.2) is 27.4 Å². The monoisotopic (exact) mass is 483 g/mol. The van der Waals surface area contributed by atoms with Gasteiger partial charge < -0.3 is 4.90 Å². The first-order valence-corrected chi connectivity index (χ1v) is 11.5. The van der Waals surface area contributed by atoms with E-state index in [1.165, 1.54) is 36.2 Å². The minimum atomic E-state index is -0.409. The zero-order valence-electron chi connectivity index (χ0n) is 17.7. The Morgan fingerprint density at radius 1 is 1.03 bits per heavy atom. The molecular weight excluding hydrogens is 464 g/mol. The van der Waals surface area contributed by atoms with Crippen LogP contribution in [0.2, 0.25) is 5.02 Å². The van der Waals surface area contributed by atoms with E-state index in [0.29, 0.717) is 33.7 Å². The number of rotatable bonds is 7. The molecule has 4 rings (SSSR count). The van der Waals surface area contributed by atoms with Crippen molar-refractivity contribution in [3.8, 4) is 5.69 Å². The topological polar surface area (TPSA) is 38.1 Å². The third-order valence-corrected chi connectivity index (χ3v) is 6.38. The van der Waals surface area contributed by atoms with Crippen LogP contribution >= 0.6 is 23.4 Å². The van der Waals surface area contributed by atoms with Gasteiger partial charge in [0.2, 0.25) is 0 Å². The third kappa shape index (κ3) is 5.26. The summed E-state index contributed by atoms with van der Waals surface area (Å²) >= 11 is 7.41. The molecule has 1 heterocycles. The van der Waals surface area contributed by atoms with Crippen LogP contribution in [0.4, 0.5) is 8.78 Å². The van der Waals surface area contributed by atoms with E-state index in [1.807, 2.05) is 30.3 Å². The lowest BCUT2D eigenvalue weighted by Crippen LogP contribution is -2.28. The number of halogens is 3. The predicted octanol–water partition coefficient (Wildman–Crippen LogP) is 6.37. The van der Waals surface area contributed by atoms with E-state index in [9.17, 15) is 13.6 Å². The standard InChI is InChI=1S/C25H20ClF2N3OS/c1-30(15-17-6-3-2-4-7-17)24(32)23-14-29-25(31(23)19-12-10-18(27)11-13-19)33-16-20-21(26)8-5-9-22(20)28/h2-14H,15-16H2,1H3. The Morgan fingerprint density at radius 2 is 1.76 bits per heavy atom. The van der Waals surface area contributed by atoms with Crippen LogP contribution in [0.1, 0.15) is 21.6 Å². The van der Waals surface area contributed by atoms with Crippen molar-refractivity contribution in [1.29, 1.82) is 0 Å². The van der Waals surface area contributed by atoms with Crippen LogP contribution in [-0.2, 0) is 12.3 Å². The molecule has 0 N–H and O–H groups in total. The van der Waals surface area contributed by atoms with Crippen LogP contribution in [0.3, 0.4) is 0 Å². The highest BCUT2D eigenvalue weighted by atomic mass is 35.5. The number of nitrogens with zero attached hydrogens (tertiary/aromatic N) is 3. The lowest BCUT2D eigenvalue weighted by Gasteiger charge is -2.19. The lowest BCUT2D eigenvalue weighted by atomic mass is 10.2. The number of imidazole rings is 1. The predicted molar refractivity (Wildman–Crippen MR) is 127 cm³/mol. The van der Waals surface area contributed by atoms with Gasteiger partial charge in [0.05, 0.1) is 6.20 Å². The van der Waals surface area contributed by atoms with Gasteiger partial charge in [-0.05, 0) is 42.0 Å². The van der Waals surface area contributed by atoms with E-state index >= 15 is 0 Å². The van der Waals surface area contributed by atoms with E-state index < -0.39 is 5.82 Å². The Bertz CT molecular complexity index is 1240. The summed E-state index contributed by atoms with van der Waals surface area (Å²) in [4.78, 5) is 19.3. The normalized spacial score (nSPS) is 10.9. The van der Waals surface area contributed by atoms with Gasteiger partial charge in [0.1, 0.15) is 17.3 Å². The third-order valence-electron chi connectivity index (χ3n) is 5.05. The van der Waals surface area contributed by atoms with E-state index in [0.717, 1.165) is 5.56 Å². The highest BCUT2D eigenvalue weighted by Gasteiger charge is 2.22. The SMILES string of the molecule is CN(Cc1ccccc1)C(=O)c1cnc(SCc2c(F)cccc2Cl)n1-c1ccc(F)cc1. The smallest absolute Gasteiger partial charge is 0.272 e. The average Bonchev–Trinajstić information content (AvgIpc) is 3.23. The molecule has 0 aliphatic rings. The Kier molecular flexibility index (Phi) is 7.11. The fourth-order valence-electron chi connectivity index (χ4n) is 3.36. The number of amides is 1. The highest BCUT2D eigenvalue weighted by molar-refractivity contribution is 7.98. The molecule has 0 spiro atoms. The van der Waals surface area contributed by atoms with Crippen LogP contribution in [0.5, 0.6) is 0 Å². The molecule has 168 valence electrons. The second-order valence-corrected chi connectivity index (χ2v) is 8.72. The van der Waals surface area contributed by atoms with E-state index in [4.69, 9.17) is 11.6 Å². The van der Waals surface area contributed by atoms with Gasteiger partial charge in [-0.15, -0.1) is 0 Å². The van der Waals surface area contributed by atoms with Gasteiger partial charge in [0.15, 0.2) is 5.16 Å². The number of benzene rings is 3. The molecule has 0 fully saturated rings. The summed E-state index contributed by atoms with van der Waals surface area (Å²) in [5.41, 5.74) is 2.24. The summed E-state index contributed by atoms with van der Waals surface area (Å²) in [6, 6.07) is 19.9. The minimum Gasteiger partial charge on any atom is -0.336 e. The summed E-state index contributed by atoms with van der Waals surface area (Å²) < 4.78 is 29.5. The molecule has 0 unspecified atom stereocenters. The molecule has 0 radical (unpaired) electrons. The summed E-state index contributed by atoms with van der Waals surface area (Å²) in [5, 5.41) is 0.790. The van der Waals surface area contributed by atoms with Crippen molar-refractivity contribution >= 4 is 29.3 Å². The summed E-state index contributed by atoms with van der Waals surface area (Å²) in [6.07, 6.45) is 1.48. The van der Waals surface area contributed by atoms with Gasteiger partial charge in [-0.3, -0.25) is 9.36 Å². The minimum absolute atomic E-state index is 0.219. The maximum Gasteiger partial charge on any atom is 0.272 e. The van der Waals surface area contributed by atoms with Crippen LogP contribution in [0.15, 0.2) is 84.1 Å². The molecule has 0 saturated carbocycles. The second kappa shape index (κ2) is 10.2. The van der Waals surface area contributed by atoms with Crippen molar-refractivity contribution in [3.63, 3.8) is 0 Å². The number of aromatic nitrogens is 2. The quantitative estimate of drug-likeness (QED) is 0.287. The number of carbonyl (C=O) groups excluding carboxylic acids is 1. The number of hydrogen-bond acceptors (Lipinski definition) is 3. The summed E-state index contributed by atoms with van der Waals surface area (Å²) in [5.74, 6) is -0.822. The zero-order chi connectivity index (χ0) is 23.4. The van der Waals surface area contributed by atoms with Crippen molar-refractivity contribution in [2.45, 2.75) is 17.5 Å². The van der Waals surface area contributed by atoms with Crippen LogP contribution < -0.4 is 0 Å². The van der Waals surface area contributed by atoms with Gasteiger partial charge in [0.25, 0.3) is 5.91 Å². The van der Waals surface area contributed by atoms with E-state index in [1.54, 1.807) is 40.8 Å². The molecule has 33 heavy (non-hydrogen) atoms. The molecule has 0 saturated heterocycles. The summed E-state index contributed by atoms with van der Waals surface area (Å²) in [6.45, 7) is 0.418. The van der Waals surface area contributed by atoms with Gasteiger partial charge in [-0.2, -0.15) is 0 Å². The first-order valence-electron chi connectivity index (χ1n) is 10.1. The zero-order valence-corrected chi connectivity index (χ0v) is 19.3. The fourth-order valence-corrected chi connectivity index (χ4v) is 4.69. The number of hydrogen-bond donors (Lipinski definition) is 0. The average molecular weight is 484 g/mol. The molecule has 0 atom stereocenters. The highest BCUT2D eigenvalue weighted by Crippen LogP contribution is 2.30. The molecule has 8 heteroatoms. The fraction of sp³-hybridized carbons (Fsp3) is 0.120. The van der Waals surface area contributed by atoms with Crippen LogP contribution in [0, 0.1) is 11.6 Å². The first-order chi connectivity index (χ1) is 15.9. The molecule has 0 aliphatic heterocycles. The largest absolute Gasteiger partial charge is 0.336 e. The van der Waals surface area contributed by atoms with Gasteiger partial charge in [0, 0.05) is 35.6 Å². The molecule has 0 bridgehead atoms. The maximum absolute atomic E-state index is 14.2. The number of carbonyl (C=O) groups is 1. The van der Waals surface area contributed by atoms with Crippen LogP contribution in [0.25, 0.3) is 5.69 Å². The molecule has 3 aromatic carbocycles. The van der Waals surface area contributed by atoms with E-state index in [-0.39, 0.29) is 17.5 Å². The maximum atomic E-state index is 14.2. The molecule has 0 aliphatic carbocycles. The first kappa shape index (κ1) is 23.0. The second-order valence-electron chi connectivity index (χ2n) is 7.37. The van der Waals surface area contributed by atoms with Crippen molar-refractivity contribution < 1.29 is 13.6 Å². The summed E-state index contributed by atoms with van der Waals surface area (Å²) in [7, 11) is 1.71. The van der Waals surface area contributed by atoms with Crippen molar-refractivity contribution in [1.82, 2.24) is 14.5 Å². The Balaban J connectivity index is 1.66. The molecule has 4 nitrogen and oxygen atoms in total. The Labute approximate surface area is 199 Å². The van der Waals surface area contributed by atoms with Crippen molar-refractivity contribution in [2.24, 2.45) is 0 Å². The Morgan fingerprint density at radius 3 is 2.45 bits per heavy atom.